The van der Waals surface area contributed by atoms with Gasteiger partial charge in [-0.15, -0.1) is 0 Å². The van der Waals surface area contributed by atoms with Crippen LogP contribution in [0.15, 0.2) is 15.8 Å². The lowest BCUT2D eigenvalue weighted by Gasteiger charge is -2.26. The fourth-order valence-corrected chi connectivity index (χ4v) is 3.97. The maximum absolute atomic E-state index is 13.7. The molecule has 15 nitrogen and oxygen atoms in total. The summed E-state index contributed by atoms with van der Waals surface area (Å²) in [6.07, 6.45) is -3.49. The number of carbonyl (C=O) groups excluding carboxylic acids is 3. The standard InChI is InChI=1S/C24H39FN6O9/c1-4-11(2)16(29-19(34)12(3)28-21(36)14(27)7-5-6-8-26)23(37)39-10-15-17(32)18(33)22(40-15)31-9-13(25)20(35)30-24(31)38/h9,11-12,14-18,22,32-33H,4-8,10,26-27H2,1-3H3,(H,28,36)(H,29,34)(H,30,35,38)/t11-,12-,14-,15-,16-,17?,18?,22-/m0/s1. The van der Waals surface area contributed by atoms with Crippen LogP contribution in [-0.4, -0.2) is 87.1 Å². The van der Waals surface area contributed by atoms with E-state index in [9.17, 15) is 38.6 Å². The highest BCUT2D eigenvalue weighted by Gasteiger charge is 2.45. The normalized spacial score (nSPS) is 23.6. The van der Waals surface area contributed by atoms with E-state index in [4.69, 9.17) is 20.9 Å². The van der Waals surface area contributed by atoms with E-state index in [0.29, 0.717) is 43.0 Å². The summed E-state index contributed by atoms with van der Waals surface area (Å²) in [6, 6.07) is -2.97. The van der Waals surface area contributed by atoms with Gasteiger partial charge in [-0.1, -0.05) is 26.7 Å². The first-order chi connectivity index (χ1) is 18.8. The number of aliphatic hydroxyl groups is 2. The van der Waals surface area contributed by atoms with Crippen molar-refractivity contribution in [2.24, 2.45) is 17.4 Å². The molecule has 40 heavy (non-hydrogen) atoms. The number of carbonyl (C=O) groups is 3. The number of hydrogen-bond donors (Lipinski definition) is 7. The molecule has 0 spiro atoms. The molecule has 2 amide bonds. The van der Waals surface area contributed by atoms with Gasteiger partial charge in [-0.05, 0) is 32.2 Å². The highest BCUT2D eigenvalue weighted by Crippen LogP contribution is 2.28. The van der Waals surface area contributed by atoms with Crippen molar-refractivity contribution in [3.63, 3.8) is 0 Å². The fourth-order valence-electron chi connectivity index (χ4n) is 3.97. The van der Waals surface area contributed by atoms with Crippen LogP contribution in [0.1, 0.15) is 52.7 Å². The van der Waals surface area contributed by atoms with Crippen LogP contribution in [0.2, 0.25) is 0 Å². The summed E-state index contributed by atoms with van der Waals surface area (Å²) in [6.45, 7) is 4.81. The zero-order valence-electron chi connectivity index (χ0n) is 22.7. The van der Waals surface area contributed by atoms with E-state index in [1.165, 1.54) is 6.92 Å². The molecule has 8 atom stereocenters. The number of nitrogens with zero attached hydrogens (tertiary/aromatic N) is 1. The Morgan fingerprint density at radius 3 is 2.48 bits per heavy atom. The number of nitrogens with two attached hydrogens (primary N) is 2. The van der Waals surface area contributed by atoms with Gasteiger partial charge in [0.15, 0.2) is 6.23 Å². The zero-order valence-corrected chi connectivity index (χ0v) is 22.7. The van der Waals surface area contributed by atoms with Crippen molar-refractivity contribution in [3.8, 4) is 0 Å². The summed E-state index contributed by atoms with van der Waals surface area (Å²) in [4.78, 5) is 63.0. The predicted octanol–water partition coefficient (Wildman–Crippen LogP) is -2.67. The molecular weight excluding hydrogens is 535 g/mol. The van der Waals surface area contributed by atoms with Crippen molar-refractivity contribution >= 4 is 17.8 Å². The molecule has 0 saturated carbocycles. The average molecular weight is 575 g/mol. The molecule has 0 bridgehead atoms. The highest BCUT2D eigenvalue weighted by molar-refractivity contribution is 5.91. The van der Waals surface area contributed by atoms with Crippen LogP contribution in [0.3, 0.4) is 0 Å². The Morgan fingerprint density at radius 1 is 1.18 bits per heavy atom. The zero-order chi connectivity index (χ0) is 30.1. The second-order valence-electron chi connectivity index (χ2n) is 9.81. The minimum atomic E-state index is -1.72. The van der Waals surface area contributed by atoms with Crippen LogP contribution in [0.25, 0.3) is 0 Å². The number of unbranched alkanes of at least 4 members (excludes halogenated alkanes) is 1. The molecule has 1 aromatic heterocycles. The summed E-state index contributed by atoms with van der Waals surface area (Å²) in [5.74, 6) is -3.76. The largest absolute Gasteiger partial charge is 0.461 e. The van der Waals surface area contributed by atoms with Gasteiger partial charge in [-0.25, -0.2) is 9.59 Å². The summed E-state index contributed by atoms with van der Waals surface area (Å²) in [5, 5.41) is 25.7. The molecule has 0 radical (unpaired) electrons. The lowest BCUT2D eigenvalue weighted by Crippen LogP contribution is -2.55. The number of halogens is 1. The molecule has 2 heterocycles. The van der Waals surface area contributed by atoms with Crippen LogP contribution < -0.4 is 33.3 Å². The average Bonchev–Trinajstić information content (AvgIpc) is 3.20. The Bertz CT molecular complexity index is 1140. The van der Waals surface area contributed by atoms with Crippen LogP contribution in [0, 0.1) is 11.7 Å². The van der Waals surface area contributed by atoms with Gasteiger partial charge in [0.25, 0.3) is 5.56 Å². The van der Waals surface area contributed by atoms with Gasteiger partial charge in [-0.2, -0.15) is 4.39 Å². The first kappa shape index (κ1) is 33.0. The molecule has 0 aliphatic carbocycles. The Balaban J connectivity index is 2.01. The molecule has 1 aromatic rings. The minimum absolute atomic E-state index is 0.395. The number of H-pyrrole nitrogens is 1. The molecule has 16 heteroatoms. The van der Waals surface area contributed by atoms with E-state index in [-0.39, 0.29) is 0 Å². The monoisotopic (exact) mass is 574 g/mol. The quantitative estimate of drug-likeness (QED) is 0.0892. The van der Waals surface area contributed by atoms with Crippen LogP contribution >= 0.6 is 0 Å². The summed E-state index contributed by atoms with van der Waals surface area (Å²) in [7, 11) is 0. The van der Waals surface area contributed by atoms with Crippen molar-refractivity contribution in [2.45, 2.75) is 89.1 Å². The number of aliphatic hydroxyl groups excluding tert-OH is 2. The number of aromatic nitrogens is 2. The topological polar surface area (TPSA) is 241 Å². The molecule has 1 aliphatic heterocycles. The van der Waals surface area contributed by atoms with Crippen molar-refractivity contribution in [1.29, 1.82) is 0 Å². The van der Waals surface area contributed by atoms with Crippen molar-refractivity contribution < 1.29 is 38.5 Å². The van der Waals surface area contributed by atoms with Crippen LogP contribution in [0.5, 0.6) is 0 Å². The van der Waals surface area contributed by atoms with E-state index in [1.807, 2.05) is 0 Å². The lowest BCUT2D eigenvalue weighted by atomic mass is 9.99. The van der Waals surface area contributed by atoms with Crippen molar-refractivity contribution in [3.05, 3.63) is 32.9 Å². The van der Waals surface area contributed by atoms with Gasteiger partial charge in [0, 0.05) is 0 Å². The number of esters is 1. The second-order valence-corrected chi connectivity index (χ2v) is 9.81. The van der Waals surface area contributed by atoms with E-state index in [2.05, 4.69) is 10.6 Å². The number of rotatable bonds is 14. The highest BCUT2D eigenvalue weighted by atomic mass is 19.1. The molecule has 0 aromatic carbocycles. The number of aromatic amines is 1. The second kappa shape index (κ2) is 15.0. The Labute approximate surface area is 229 Å². The van der Waals surface area contributed by atoms with E-state index >= 15 is 0 Å². The molecule has 2 rings (SSSR count). The van der Waals surface area contributed by atoms with Crippen LogP contribution in [-0.2, 0) is 23.9 Å². The molecule has 2 unspecified atom stereocenters. The summed E-state index contributed by atoms with van der Waals surface area (Å²) >= 11 is 0. The first-order valence-corrected chi connectivity index (χ1v) is 13.1. The van der Waals surface area contributed by atoms with Crippen molar-refractivity contribution in [1.82, 2.24) is 20.2 Å². The fraction of sp³-hybridized carbons (Fsp3) is 0.708. The van der Waals surface area contributed by atoms with Crippen molar-refractivity contribution in [2.75, 3.05) is 13.2 Å². The van der Waals surface area contributed by atoms with Gasteiger partial charge < -0.3 is 41.8 Å². The van der Waals surface area contributed by atoms with Gasteiger partial charge in [-0.3, -0.25) is 23.9 Å². The third-order valence-electron chi connectivity index (χ3n) is 6.75. The molecule has 226 valence electrons. The van der Waals surface area contributed by atoms with E-state index in [0.717, 1.165) is 0 Å². The lowest BCUT2D eigenvalue weighted by molar-refractivity contribution is -0.155. The minimum Gasteiger partial charge on any atom is -0.461 e. The number of amides is 2. The molecule has 9 N–H and O–H groups in total. The third kappa shape index (κ3) is 8.41. The Kier molecular flexibility index (Phi) is 12.4. The third-order valence-corrected chi connectivity index (χ3v) is 6.75. The van der Waals surface area contributed by atoms with Crippen LogP contribution in [0.4, 0.5) is 4.39 Å². The van der Waals surface area contributed by atoms with E-state index < -0.39 is 90.0 Å². The smallest absolute Gasteiger partial charge is 0.330 e. The summed E-state index contributed by atoms with van der Waals surface area (Å²) in [5.41, 5.74) is 8.94. The van der Waals surface area contributed by atoms with Gasteiger partial charge in [0.1, 0.15) is 37.0 Å². The van der Waals surface area contributed by atoms with Gasteiger partial charge in [0.05, 0.1) is 12.2 Å². The maximum Gasteiger partial charge on any atom is 0.330 e. The number of ether oxygens (including phenoxy) is 2. The number of hydrogen-bond acceptors (Lipinski definition) is 11. The molecule has 1 fully saturated rings. The SMILES string of the molecule is CC[C@H](C)[C@H](NC(=O)[C@H](C)NC(=O)[C@@H](N)CCCCN)C(=O)OC[C@@H]1O[C@H](n2cc(F)c(=O)[nH]c2=O)C(O)C1O. The predicted molar refractivity (Wildman–Crippen MR) is 138 cm³/mol. The Morgan fingerprint density at radius 2 is 1.85 bits per heavy atom. The number of nitrogens with one attached hydrogen (secondary N) is 3. The molecular formula is C24H39FN6O9. The maximum atomic E-state index is 13.7. The molecule has 1 aliphatic rings. The molecule has 1 saturated heterocycles. The van der Waals surface area contributed by atoms with E-state index in [1.54, 1.807) is 18.8 Å². The van der Waals surface area contributed by atoms with Gasteiger partial charge in [0.2, 0.25) is 17.6 Å². The summed E-state index contributed by atoms with van der Waals surface area (Å²) < 4.78 is 24.9. The Hall–Kier alpha value is -3.18. The van der Waals surface area contributed by atoms with Gasteiger partial charge >= 0.3 is 11.7 Å². The first-order valence-electron chi connectivity index (χ1n) is 13.1.